The Labute approximate surface area is 96.7 Å². The molecule has 0 unspecified atom stereocenters. The third kappa shape index (κ3) is 3.23. The van der Waals surface area contributed by atoms with Crippen molar-refractivity contribution in [3.05, 3.63) is 18.2 Å². The number of rotatable bonds is 3. The first-order valence-corrected chi connectivity index (χ1v) is 6.48. The second kappa shape index (κ2) is 5.55. The van der Waals surface area contributed by atoms with E-state index >= 15 is 0 Å². The van der Waals surface area contributed by atoms with E-state index < -0.39 is 0 Å². The van der Waals surface area contributed by atoms with Crippen LogP contribution in [0.2, 0.25) is 0 Å². The van der Waals surface area contributed by atoms with Gasteiger partial charge < -0.3 is 4.57 Å². The minimum Gasteiger partial charge on any atom is -0.337 e. The number of hydrogen-bond donors (Lipinski definition) is 0. The fraction of sp³-hybridized carbons (Fsp3) is 0.750. The number of hydrogen-bond acceptors (Lipinski definition) is 1. The van der Waals surface area contributed by atoms with E-state index in [1.165, 1.54) is 38.5 Å². The molecule has 1 heterocycles. The number of imidazole rings is 1. The van der Waals surface area contributed by atoms with Crippen molar-refractivity contribution in [2.45, 2.75) is 50.9 Å². The molecule has 0 aromatic carbocycles. The molecule has 84 valence electrons. The van der Waals surface area contributed by atoms with Gasteiger partial charge >= 0.3 is 0 Å². The lowest BCUT2D eigenvalue weighted by Gasteiger charge is -2.13. The van der Waals surface area contributed by atoms with Gasteiger partial charge in [-0.1, -0.05) is 25.7 Å². The average Bonchev–Trinajstić information content (AvgIpc) is 2.54. The van der Waals surface area contributed by atoms with Crippen molar-refractivity contribution < 1.29 is 0 Å². The van der Waals surface area contributed by atoms with Gasteiger partial charge in [-0.25, -0.2) is 4.98 Å². The molecule has 0 aliphatic heterocycles. The van der Waals surface area contributed by atoms with Gasteiger partial charge in [-0.05, 0) is 18.8 Å². The zero-order valence-electron chi connectivity index (χ0n) is 9.16. The molecule has 2 nitrogen and oxygen atoms in total. The maximum Gasteiger partial charge on any atom is 0.0950 e. The lowest BCUT2D eigenvalue weighted by Crippen LogP contribution is -2.08. The molecule has 0 atom stereocenters. The third-order valence-electron chi connectivity index (χ3n) is 3.27. The van der Waals surface area contributed by atoms with Gasteiger partial charge in [0.1, 0.15) is 0 Å². The summed E-state index contributed by atoms with van der Waals surface area (Å²) >= 11 is 5.73. The Morgan fingerprint density at radius 2 is 2.00 bits per heavy atom. The molecule has 0 spiro atoms. The lowest BCUT2D eigenvalue weighted by atomic mass is 10.0. The minimum absolute atomic E-state index is 0.525. The Kier molecular flexibility index (Phi) is 4.07. The average molecular weight is 227 g/mol. The Hall–Kier alpha value is -0.500. The van der Waals surface area contributed by atoms with E-state index in [0.29, 0.717) is 5.88 Å². The van der Waals surface area contributed by atoms with Crippen molar-refractivity contribution >= 4 is 11.6 Å². The molecule has 3 heteroatoms. The first-order valence-electron chi connectivity index (χ1n) is 5.95. The molecule has 0 bridgehead atoms. The van der Waals surface area contributed by atoms with Crippen LogP contribution in [0.25, 0.3) is 0 Å². The van der Waals surface area contributed by atoms with Crippen LogP contribution >= 0.6 is 11.6 Å². The summed E-state index contributed by atoms with van der Waals surface area (Å²) in [6.45, 7) is 1.13. The van der Waals surface area contributed by atoms with Gasteiger partial charge in [0, 0.05) is 12.7 Å². The van der Waals surface area contributed by atoms with Crippen LogP contribution in [0.15, 0.2) is 12.5 Å². The molecule has 0 N–H and O–H groups in total. The van der Waals surface area contributed by atoms with Crippen LogP contribution in [-0.4, -0.2) is 9.55 Å². The van der Waals surface area contributed by atoms with Gasteiger partial charge in [0.05, 0.1) is 17.9 Å². The summed E-state index contributed by atoms with van der Waals surface area (Å²) in [5.41, 5.74) is 0.991. The third-order valence-corrected chi connectivity index (χ3v) is 3.54. The van der Waals surface area contributed by atoms with E-state index in [1.54, 1.807) is 0 Å². The fourth-order valence-electron chi connectivity index (χ4n) is 2.42. The van der Waals surface area contributed by atoms with Gasteiger partial charge in [-0.3, -0.25) is 0 Å². The van der Waals surface area contributed by atoms with Crippen molar-refractivity contribution in [2.75, 3.05) is 0 Å². The summed E-state index contributed by atoms with van der Waals surface area (Å²) < 4.78 is 2.20. The molecular weight excluding hydrogens is 208 g/mol. The molecule has 0 amide bonds. The van der Waals surface area contributed by atoms with Crippen LogP contribution in [0.1, 0.15) is 44.2 Å². The van der Waals surface area contributed by atoms with Crippen molar-refractivity contribution in [1.82, 2.24) is 9.55 Å². The molecule has 2 rings (SSSR count). The van der Waals surface area contributed by atoms with Gasteiger partial charge in [0.2, 0.25) is 0 Å². The summed E-state index contributed by atoms with van der Waals surface area (Å²) in [5, 5.41) is 0. The topological polar surface area (TPSA) is 17.8 Å². The maximum absolute atomic E-state index is 5.73. The van der Waals surface area contributed by atoms with E-state index in [-0.39, 0.29) is 0 Å². The quantitative estimate of drug-likeness (QED) is 0.569. The van der Waals surface area contributed by atoms with Gasteiger partial charge in [-0.2, -0.15) is 0 Å². The highest BCUT2D eigenvalue weighted by atomic mass is 35.5. The molecule has 1 aromatic heterocycles. The zero-order chi connectivity index (χ0) is 10.5. The summed E-state index contributed by atoms with van der Waals surface area (Å²) in [5.74, 6) is 1.38. The minimum atomic E-state index is 0.525. The standard InChI is InChI=1S/C12H19ClN2/c13-7-12-9-15(10-14-12)8-11-5-3-1-2-4-6-11/h9-11H,1-8H2. The molecule has 1 aliphatic rings. The number of nitrogens with zero attached hydrogens (tertiary/aromatic N) is 2. The normalized spacial score (nSPS) is 19.0. The number of aromatic nitrogens is 2. The van der Waals surface area contributed by atoms with E-state index in [9.17, 15) is 0 Å². The van der Waals surface area contributed by atoms with E-state index in [0.717, 1.165) is 18.2 Å². The van der Waals surface area contributed by atoms with Crippen LogP contribution in [0.4, 0.5) is 0 Å². The van der Waals surface area contributed by atoms with Crippen molar-refractivity contribution in [1.29, 1.82) is 0 Å². The van der Waals surface area contributed by atoms with E-state index in [4.69, 9.17) is 11.6 Å². The van der Waals surface area contributed by atoms with Gasteiger partial charge in [-0.15, -0.1) is 11.6 Å². The van der Waals surface area contributed by atoms with Crippen LogP contribution < -0.4 is 0 Å². The SMILES string of the molecule is ClCc1cn(CC2CCCCCC2)cn1. The Balaban J connectivity index is 1.89. The Bertz CT molecular complexity index is 288. The summed E-state index contributed by atoms with van der Waals surface area (Å²) in [6, 6.07) is 0. The van der Waals surface area contributed by atoms with E-state index in [1.807, 2.05) is 6.33 Å². The second-order valence-corrected chi connectivity index (χ2v) is 4.82. The molecule has 1 saturated carbocycles. The van der Waals surface area contributed by atoms with Crippen molar-refractivity contribution in [3.8, 4) is 0 Å². The number of alkyl halides is 1. The van der Waals surface area contributed by atoms with Crippen molar-refractivity contribution in [2.24, 2.45) is 5.92 Å². The van der Waals surface area contributed by atoms with Crippen LogP contribution in [0.3, 0.4) is 0 Å². The predicted molar refractivity (Wildman–Crippen MR) is 63.0 cm³/mol. The lowest BCUT2D eigenvalue weighted by molar-refractivity contribution is 0.395. The molecule has 1 fully saturated rings. The first kappa shape index (κ1) is 11.0. The van der Waals surface area contributed by atoms with Crippen molar-refractivity contribution in [3.63, 3.8) is 0 Å². The molecule has 1 aromatic rings. The highest BCUT2D eigenvalue weighted by Crippen LogP contribution is 2.24. The van der Waals surface area contributed by atoms with Crippen LogP contribution in [0.5, 0.6) is 0 Å². The molecule has 0 saturated heterocycles. The summed E-state index contributed by atoms with van der Waals surface area (Å²) in [6.07, 6.45) is 12.4. The summed E-state index contributed by atoms with van der Waals surface area (Å²) in [7, 11) is 0. The highest BCUT2D eigenvalue weighted by Gasteiger charge is 2.12. The van der Waals surface area contributed by atoms with Crippen LogP contribution in [0, 0.1) is 5.92 Å². The number of halogens is 1. The van der Waals surface area contributed by atoms with E-state index in [2.05, 4.69) is 15.7 Å². The molecule has 15 heavy (non-hydrogen) atoms. The maximum atomic E-state index is 5.73. The highest BCUT2D eigenvalue weighted by molar-refractivity contribution is 6.16. The largest absolute Gasteiger partial charge is 0.337 e. The Morgan fingerprint density at radius 1 is 1.27 bits per heavy atom. The van der Waals surface area contributed by atoms with Gasteiger partial charge in [0.15, 0.2) is 0 Å². The van der Waals surface area contributed by atoms with Crippen LogP contribution in [-0.2, 0) is 12.4 Å². The predicted octanol–water partition coefficient (Wildman–Crippen LogP) is 3.59. The Morgan fingerprint density at radius 3 is 2.60 bits per heavy atom. The summed E-state index contributed by atoms with van der Waals surface area (Å²) in [4.78, 5) is 4.25. The molecule has 0 radical (unpaired) electrons. The first-order chi connectivity index (χ1) is 7.38. The fourth-order valence-corrected chi connectivity index (χ4v) is 2.56. The molecule has 1 aliphatic carbocycles. The zero-order valence-corrected chi connectivity index (χ0v) is 9.92. The second-order valence-electron chi connectivity index (χ2n) is 4.55. The molecular formula is C12H19ClN2. The van der Waals surface area contributed by atoms with Gasteiger partial charge in [0.25, 0.3) is 0 Å². The monoisotopic (exact) mass is 226 g/mol. The smallest absolute Gasteiger partial charge is 0.0950 e.